The van der Waals surface area contributed by atoms with Crippen LogP contribution >= 0.6 is 0 Å². The lowest BCUT2D eigenvalue weighted by molar-refractivity contribution is -0.118. The lowest BCUT2D eigenvalue weighted by Crippen LogP contribution is -2.41. The van der Waals surface area contributed by atoms with E-state index in [1.165, 1.54) is 0 Å². The molecule has 35 heavy (non-hydrogen) atoms. The van der Waals surface area contributed by atoms with E-state index in [4.69, 9.17) is 14.6 Å². The Kier molecular flexibility index (Phi) is 8.45. The molecule has 0 bridgehead atoms. The van der Waals surface area contributed by atoms with Crippen molar-refractivity contribution < 1.29 is 24.2 Å². The predicted molar refractivity (Wildman–Crippen MR) is 135 cm³/mol. The highest BCUT2D eigenvalue weighted by Gasteiger charge is 2.17. The van der Waals surface area contributed by atoms with Crippen LogP contribution in [0.3, 0.4) is 0 Å². The molecule has 8 heteroatoms. The molecule has 0 aromatic heterocycles. The van der Waals surface area contributed by atoms with Crippen molar-refractivity contribution in [3.05, 3.63) is 78.4 Å². The van der Waals surface area contributed by atoms with Crippen molar-refractivity contribution in [2.75, 3.05) is 56.7 Å². The number of aliphatic hydroxyl groups is 1. The molecule has 1 heterocycles. The van der Waals surface area contributed by atoms with Crippen molar-refractivity contribution in [1.29, 1.82) is 0 Å². The zero-order valence-electron chi connectivity index (χ0n) is 19.4. The fraction of sp³-hybridized carbons (Fsp3) is 0.259. The summed E-state index contributed by atoms with van der Waals surface area (Å²) in [5.74, 6) is -0.136. The number of rotatable bonds is 9. The number of carbonyl (C=O) groups is 2. The average Bonchev–Trinajstić information content (AvgIpc) is 2.89. The SMILES string of the molecule is O=C(CN1CCOCC1)Nc1cc(C(=O)Nc2ccc(-c3ccccc3)cc2)ccc1OCCO. The third-order valence-corrected chi connectivity index (χ3v) is 5.59. The quantitative estimate of drug-likeness (QED) is 0.439. The molecule has 1 saturated heterocycles. The normalized spacial score (nSPS) is 13.7. The lowest BCUT2D eigenvalue weighted by Gasteiger charge is -2.26. The van der Waals surface area contributed by atoms with Gasteiger partial charge in [-0.15, -0.1) is 0 Å². The maximum absolute atomic E-state index is 12.9. The minimum absolute atomic E-state index is 0.0750. The fourth-order valence-corrected chi connectivity index (χ4v) is 3.78. The van der Waals surface area contributed by atoms with E-state index in [1.807, 2.05) is 59.5 Å². The summed E-state index contributed by atoms with van der Waals surface area (Å²) < 4.78 is 10.9. The first-order valence-electron chi connectivity index (χ1n) is 11.6. The van der Waals surface area contributed by atoms with Crippen molar-refractivity contribution in [2.24, 2.45) is 0 Å². The van der Waals surface area contributed by atoms with Crippen LogP contribution in [0.25, 0.3) is 11.1 Å². The average molecular weight is 476 g/mol. The molecule has 4 rings (SSSR count). The van der Waals surface area contributed by atoms with Crippen LogP contribution in [0.5, 0.6) is 5.75 Å². The number of hydrogen-bond donors (Lipinski definition) is 3. The van der Waals surface area contributed by atoms with E-state index < -0.39 is 0 Å². The largest absolute Gasteiger partial charge is 0.489 e. The molecule has 1 fully saturated rings. The van der Waals surface area contributed by atoms with E-state index in [0.29, 0.717) is 49.0 Å². The highest BCUT2D eigenvalue weighted by molar-refractivity contribution is 6.06. The van der Waals surface area contributed by atoms with Gasteiger partial charge >= 0.3 is 0 Å². The summed E-state index contributed by atoms with van der Waals surface area (Å²) >= 11 is 0. The first kappa shape index (κ1) is 24.4. The van der Waals surface area contributed by atoms with Crippen molar-refractivity contribution >= 4 is 23.2 Å². The van der Waals surface area contributed by atoms with Crippen molar-refractivity contribution in [2.45, 2.75) is 0 Å². The number of aliphatic hydroxyl groups excluding tert-OH is 1. The van der Waals surface area contributed by atoms with Gasteiger partial charge in [-0.3, -0.25) is 14.5 Å². The van der Waals surface area contributed by atoms with E-state index in [1.54, 1.807) is 18.2 Å². The molecule has 0 aliphatic carbocycles. The number of hydrogen-bond acceptors (Lipinski definition) is 6. The lowest BCUT2D eigenvalue weighted by atomic mass is 10.1. The van der Waals surface area contributed by atoms with Crippen molar-refractivity contribution in [1.82, 2.24) is 4.90 Å². The topological polar surface area (TPSA) is 100 Å². The minimum Gasteiger partial charge on any atom is -0.489 e. The summed E-state index contributed by atoms with van der Waals surface area (Å²) in [4.78, 5) is 27.6. The molecule has 8 nitrogen and oxygen atoms in total. The second-order valence-corrected chi connectivity index (χ2v) is 8.12. The summed E-state index contributed by atoms with van der Waals surface area (Å²) in [5, 5.41) is 14.9. The summed E-state index contributed by atoms with van der Waals surface area (Å²) in [6, 6.07) is 22.4. The van der Waals surface area contributed by atoms with Gasteiger partial charge in [0.1, 0.15) is 12.4 Å². The monoisotopic (exact) mass is 475 g/mol. The van der Waals surface area contributed by atoms with Gasteiger partial charge in [0.25, 0.3) is 5.91 Å². The molecule has 0 saturated carbocycles. The van der Waals surface area contributed by atoms with Gasteiger partial charge in [0.2, 0.25) is 5.91 Å². The van der Waals surface area contributed by atoms with Crippen LogP contribution in [-0.2, 0) is 9.53 Å². The smallest absolute Gasteiger partial charge is 0.255 e. The highest BCUT2D eigenvalue weighted by atomic mass is 16.5. The molecular formula is C27H29N3O5. The highest BCUT2D eigenvalue weighted by Crippen LogP contribution is 2.27. The summed E-state index contributed by atoms with van der Waals surface area (Å²) in [7, 11) is 0. The molecule has 3 aromatic rings. The molecule has 3 N–H and O–H groups in total. The molecule has 1 aliphatic heterocycles. The number of benzene rings is 3. The van der Waals surface area contributed by atoms with Gasteiger partial charge in [-0.25, -0.2) is 0 Å². The molecule has 1 aliphatic rings. The van der Waals surface area contributed by atoms with E-state index in [9.17, 15) is 9.59 Å². The Morgan fingerprint density at radius 1 is 0.914 bits per heavy atom. The summed E-state index contributed by atoms with van der Waals surface area (Å²) in [5.41, 5.74) is 3.56. The standard InChI is InChI=1S/C27H29N3O5/c31-14-17-35-25-11-8-22(18-24(25)29-26(32)19-30-12-15-34-16-13-30)27(33)28-23-9-6-21(7-10-23)20-4-2-1-3-5-20/h1-11,18,31H,12-17,19H2,(H,28,33)(H,29,32). The number of carbonyl (C=O) groups excluding carboxylic acids is 2. The number of morpholine rings is 1. The van der Waals surface area contributed by atoms with Crippen LogP contribution < -0.4 is 15.4 Å². The zero-order chi connectivity index (χ0) is 24.5. The molecule has 0 radical (unpaired) electrons. The minimum atomic E-state index is -0.310. The van der Waals surface area contributed by atoms with Crippen LogP contribution in [0.4, 0.5) is 11.4 Å². The van der Waals surface area contributed by atoms with Gasteiger partial charge in [-0.05, 0) is 41.5 Å². The van der Waals surface area contributed by atoms with E-state index in [2.05, 4.69) is 10.6 Å². The number of ether oxygens (including phenoxy) is 2. The molecule has 0 atom stereocenters. The van der Waals surface area contributed by atoms with Crippen LogP contribution in [0.15, 0.2) is 72.8 Å². The Labute approximate surface area is 204 Å². The van der Waals surface area contributed by atoms with E-state index in [0.717, 1.165) is 11.1 Å². The Hall–Kier alpha value is -3.72. The number of amides is 2. The second-order valence-electron chi connectivity index (χ2n) is 8.12. The van der Waals surface area contributed by atoms with Gasteiger partial charge in [0.15, 0.2) is 0 Å². The van der Waals surface area contributed by atoms with Crippen molar-refractivity contribution in [3.8, 4) is 16.9 Å². The Balaban J connectivity index is 1.45. The molecule has 0 unspecified atom stereocenters. The predicted octanol–water partition coefficient (Wildman–Crippen LogP) is 3.25. The van der Waals surface area contributed by atoms with E-state index >= 15 is 0 Å². The molecule has 2 amide bonds. The van der Waals surface area contributed by atoms with Gasteiger partial charge < -0.3 is 25.2 Å². The van der Waals surface area contributed by atoms with Gasteiger partial charge in [0.05, 0.1) is 32.1 Å². The van der Waals surface area contributed by atoms with Gasteiger partial charge in [-0.2, -0.15) is 0 Å². The van der Waals surface area contributed by atoms with Crippen LogP contribution in [0.1, 0.15) is 10.4 Å². The fourth-order valence-electron chi connectivity index (χ4n) is 3.78. The second kappa shape index (κ2) is 12.1. The number of anilines is 2. The van der Waals surface area contributed by atoms with Crippen LogP contribution in [0.2, 0.25) is 0 Å². The molecule has 182 valence electrons. The Bertz CT molecular complexity index is 1130. The number of nitrogens with one attached hydrogen (secondary N) is 2. The first-order valence-corrected chi connectivity index (χ1v) is 11.6. The first-order chi connectivity index (χ1) is 17.1. The maximum atomic E-state index is 12.9. The Morgan fingerprint density at radius 3 is 2.34 bits per heavy atom. The zero-order valence-corrected chi connectivity index (χ0v) is 19.4. The van der Waals surface area contributed by atoms with Crippen molar-refractivity contribution in [3.63, 3.8) is 0 Å². The molecule has 3 aromatic carbocycles. The molecule has 0 spiro atoms. The van der Waals surface area contributed by atoms with Crippen LogP contribution in [0, 0.1) is 0 Å². The summed E-state index contributed by atoms with van der Waals surface area (Å²) in [6.45, 7) is 2.70. The van der Waals surface area contributed by atoms with E-state index in [-0.39, 0.29) is 31.6 Å². The number of nitrogens with zero attached hydrogens (tertiary/aromatic N) is 1. The van der Waals surface area contributed by atoms with Gasteiger partial charge in [-0.1, -0.05) is 42.5 Å². The maximum Gasteiger partial charge on any atom is 0.255 e. The third-order valence-electron chi connectivity index (χ3n) is 5.59. The molecular weight excluding hydrogens is 446 g/mol. The summed E-state index contributed by atoms with van der Waals surface area (Å²) in [6.07, 6.45) is 0. The Morgan fingerprint density at radius 2 is 1.63 bits per heavy atom. The van der Waals surface area contributed by atoms with Crippen LogP contribution in [-0.4, -0.2) is 67.9 Å². The third kappa shape index (κ3) is 6.89. The van der Waals surface area contributed by atoms with Gasteiger partial charge in [0, 0.05) is 24.3 Å².